The van der Waals surface area contributed by atoms with E-state index in [1.807, 2.05) is 21.9 Å². The third-order valence-electron chi connectivity index (χ3n) is 7.02. The summed E-state index contributed by atoms with van der Waals surface area (Å²) >= 11 is 6.25. The smallest absolute Gasteiger partial charge is 0.320 e. The molecule has 2 unspecified atom stereocenters. The highest BCUT2D eigenvalue weighted by Crippen LogP contribution is 2.35. The SMILES string of the molecule is [2H]c1cc(-c2cnc3[nH]cc(Cl)c3c2)cc2c1CN(C(=O)N1CC3CCC(C1)C3=O)CC2. The molecule has 4 heterocycles. The summed E-state index contributed by atoms with van der Waals surface area (Å²) in [6.07, 6.45) is 6.04. The third kappa shape index (κ3) is 3.12. The molecule has 3 aromatic rings. The first-order valence-electron chi connectivity index (χ1n) is 11.3. The number of piperidine rings is 1. The van der Waals surface area contributed by atoms with Crippen LogP contribution in [0, 0.1) is 11.8 Å². The monoisotopic (exact) mass is 435 g/mol. The van der Waals surface area contributed by atoms with Crippen molar-refractivity contribution in [2.24, 2.45) is 11.8 Å². The van der Waals surface area contributed by atoms with Gasteiger partial charge in [-0.2, -0.15) is 0 Å². The number of urea groups is 1. The van der Waals surface area contributed by atoms with Gasteiger partial charge in [-0.05, 0) is 42.0 Å². The summed E-state index contributed by atoms with van der Waals surface area (Å²) < 4.78 is 8.64. The summed E-state index contributed by atoms with van der Waals surface area (Å²) in [7, 11) is 0. The Morgan fingerprint density at radius 1 is 1.16 bits per heavy atom. The van der Waals surface area contributed by atoms with Crippen molar-refractivity contribution in [2.75, 3.05) is 19.6 Å². The van der Waals surface area contributed by atoms with Gasteiger partial charge in [-0.1, -0.05) is 29.8 Å². The second-order valence-corrected chi connectivity index (χ2v) is 9.29. The van der Waals surface area contributed by atoms with Crippen LogP contribution in [0.4, 0.5) is 4.79 Å². The molecule has 2 fully saturated rings. The second-order valence-electron chi connectivity index (χ2n) is 8.88. The van der Waals surface area contributed by atoms with Crippen LogP contribution in [0.5, 0.6) is 0 Å². The molecule has 2 aromatic heterocycles. The predicted molar refractivity (Wildman–Crippen MR) is 119 cm³/mol. The molecular formula is C24H23ClN4O2. The van der Waals surface area contributed by atoms with Crippen LogP contribution in [0.2, 0.25) is 5.02 Å². The highest BCUT2D eigenvalue weighted by atomic mass is 35.5. The Kier molecular flexibility index (Phi) is 4.07. The average molecular weight is 436 g/mol. The largest absolute Gasteiger partial charge is 0.345 e. The number of carbonyl (C=O) groups is 2. The topological polar surface area (TPSA) is 69.3 Å². The standard InChI is InChI=1S/C24H23ClN4O2/c25-21-10-27-23-20(21)8-19(9-26-23)14-1-2-16-11-28(6-5-15(16)7-14)24(31)29-12-17-3-4-18(13-29)22(17)30/h1-2,7-10,17-18H,3-6,11-13H2,(H,26,27)/i2D. The third-order valence-corrected chi connectivity index (χ3v) is 7.34. The number of rotatable bonds is 1. The van der Waals surface area contributed by atoms with E-state index in [0.717, 1.165) is 46.1 Å². The van der Waals surface area contributed by atoms with E-state index in [2.05, 4.69) is 16.0 Å². The number of Topliss-reactive ketones (excluding diaryl/α,β-unsaturated/α-hetero) is 1. The zero-order valence-electron chi connectivity index (χ0n) is 18.0. The number of H-pyrrole nitrogens is 1. The van der Waals surface area contributed by atoms with E-state index in [1.165, 1.54) is 0 Å². The first-order valence-corrected chi connectivity index (χ1v) is 11.2. The molecule has 6 nitrogen and oxygen atoms in total. The zero-order chi connectivity index (χ0) is 22.0. The van der Waals surface area contributed by atoms with Crippen molar-refractivity contribution < 1.29 is 11.0 Å². The van der Waals surface area contributed by atoms with Gasteiger partial charge >= 0.3 is 6.03 Å². The summed E-state index contributed by atoms with van der Waals surface area (Å²) in [5.74, 6) is 0.375. The van der Waals surface area contributed by atoms with Crippen molar-refractivity contribution in [3.05, 3.63) is 52.8 Å². The summed E-state index contributed by atoms with van der Waals surface area (Å²) in [4.78, 5) is 36.5. The number of likely N-dealkylation sites (tertiary alicyclic amines) is 1. The van der Waals surface area contributed by atoms with E-state index in [0.29, 0.717) is 49.4 Å². The Labute approximate surface area is 186 Å². The molecule has 0 spiro atoms. The molecule has 1 aromatic carbocycles. The van der Waals surface area contributed by atoms with Crippen molar-refractivity contribution in [1.82, 2.24) is 19.8 Å². The molecule has 2 atom stereocenters. The van der Waals surface area contributed by atoms with E-state index in [-0.39, 0.29) is 17.9 Å². The minimum Gasteiger partial charge on any atom is -0.345 e. The van der Waals surface area contributed by atoms with Crippen LogP contribution in [0.15, 0.2) is 36.6 Å². The normalized spacial score (nSPS) is 23.3. The van der Waals surface area contributed by atoms with Crippen molar-refractivity contribution in [1.29, 1.82) is 0 Å². The van der Waals surface area contributed by atoms with Gasteiger partial charge in [0.05, 0.1) is 6.39 Å². The molecular weight excluding hydrogens is 412 g/mol. The molecule has 1 aliphatic carbocycles. The quantitative estimate of drug-likeness (QED) is 0.620. The van der Waals surface area contributed by atoms with Gasteiger partial charge < -0.3 is 14.8 Å². The first-order chi connectivity index (χ1) is 15.5. The summed E-state index contributed by atoms with van der Waals surface area (Å²) in [5, 5.41) is 1.49. The van der Waals surface area contributed by atoms with Gasteiger partial charge in [-0.15, -0.1) is 0 Å². The maximum Gasteiger partial charge on any atom is 0.320 e. The Morgan fingerprint density at radius 3 is 2.77 bits per heavy atom. The second kappa shape index (κ2) is 7.09. The van der Waals surface area contributed by atoms with Crippen molar-refractivity contribution in [3.63, 3.8) is 0 Å². The van der Waals surface area contributed by atoms with Gasteiger partial charge in [0.15, 0.2) is 0 Å². The Balaban J connectivity index is 1.25. The molecule has 31 heavy (non-hydrogen) atoms. The van der Waals surface area contributed by atoms with E-state index < -0.39 is 0 Å². The maximum atomic E-state index is 13.2. The number of fused-ring (bicyclic) bond motifs is 4. The number of hydrogen-bond acceptors (Lipinski definition) is 3. The Bertz CT molecular complexity index is 1260. The van der Waals surface area contributed by atoms with Gasteiger partial charge in [0.1, 0.15) is 11.4 Å². The molecule has 1 saturated heterocycles. The molecule has 2 bridgehead atoms. The van der Waals surface area contributed by atoms with Crippen molar-refractivity contribution in [2.45, 2.75) is 25.8 Å². The fraction of sp³-hybridized carbons (Fsp3) is 0.375. The summed E-state index contributed by atoms with van der Waals surface area (Å²) in [6, 6.07) is 6.38. The first kappa shape index (κ1) is 17.8. The highest BCUT2D eigenvalue weighted by Gasteiger charge is 2.43. The van der Waals surface area contributed by atoms with Crippen LogP contribution in [0.3, 0.4) is 0 Å². The molecule has 2 aliphatic heterocycles. The lowest BCUT2D eigenvalue weighted by Crippen LogP contribution is -2.51. The number of aromatic nitrogens is 2. The highest BCUT2D eigenvalue weighted by molar-refractivity contribution is 6.35. The number of pyridine rings is 1. The molecule has 6 rings (SSSR count). The molecule has 1 saturated carbocycles. The molecule has 0 radical (unpaired) electrons. The van der Waals surface area contributed by atoms with Crippen LogP contribution in [0.25, 0.3) is 22.2 Å². The van der Waals surface area contributed by atoms with E-state index >= 15 is 0 Å². The van der Waals surface area contributed by atoms with Gasteiger partial charge in [-0.3, -0.25) is 4.79 Å². The fourth-order valence-corrected chi connectivity index (χ4v) is 5.47. The van der Waals surface area contributed by atoms with Gasteiger partial charge in [0.2, 0.25) is 0 Å². The minimum absolute atomic E-state index is 0.000257. The lowest BCUT2D eigenvalue weighted by Gasteiger charge is -2.37. The van der Waals surface area contributed by atoms with Crippen molar-refractivity contribution >= 4 is 34.4 Å². The van der Waals surface area contributed by atoms with Crippen LogP contribution in [-0.4, -0.2) is 51.2 Å². The van der Waals surface area contributed by atoms with E-state index in [9.17, 15) is 9.59 Å². The van der Waals surface area contributed by atoms with Crippen LogP contribution in [0.1, 0.15) is 25.3 Å². The van der Waals surface area contributed by atoms with E-state index in [1.54, 1.807) is 12.4 Å². The number of benzene rings is 1. The molecule has 7 heteroatoms. The number of halogens is 1. The fourth-order valence-electron chi connectivity index (χ4n) is 5.27. The van der Waals surface area contributed by atoms with Gasteiger partial charge in [0.25, 0.3) is 0 Å². The van der Waals surface area contributed by atoms with Gasteiger partial charge in [0, 0.05) is 61.4 Å². The van der Waals surface area contributed by atoms with Crippen LogP contribution >= 0.6 is 11.6 Å². The van der Waals surface area contributed by atoms with Gasteiger partial charge in [-0.25, -0.2) is 9.78 Å². The lowest BCUT2D eigenvalue weighted by molar-refractivity contribution is -0.126. The Hall–Kier alpha value is -2.86. The zero-order valence-corrected chi connectivity index (χ0v) is 17.8. The number of nitrogens with one attached hydrogen (secondary N) is 1. The molecule has 2 amide bonds. The molecule has 158 valence electrons. The predicted octanol–water partition coefficient (Wildman–Crippen LogP) is 4.27. The number of amides is 2. The average Bonchev–Trinajstić information content (AvgIpc) is 3.25. The maximum absolute atomic E-state index is 13.2. The van der Waals surface area contributed by atoms with E-state index in [4.69, 9.17) is 13.0 Å². The summed E-state index contributed by atoms with van der Waals surface area (Å²) in [6.45, 7) is 2.15. The number of carbonyl (C=O) groups excluding carboxylic acids is 2. The number of hydrogen-bond donors (Lipinski definition) is 1. The minimum atomic E-state index is 0.000257. The molecule has 3 aliphatic rings. The van der Waals surface area contributed by atoms with Crippen LogP contribution in [-0.2, 0) is 17.8 Å². The lowest BCUT2D eigenvalue weighted by atomic mass is 9.94. The summed E-state index contributed by atoms with van der Waals surface area (Å²) in [5.41, 5.74) is 4.60. The number of aromatic amines is 1. The van der Waals surface area contributed by atoms with Crippen molar-refractivity contribution in [3.8, 4) is 11.1 Å². The number of nitrogens with zero attached hydrogens (tertiary/aromatic N) is 3. The van der Waals surface area contributed by atoms with Crippen LogP contribution < -0.4 is 0 Å². The number of ketones is 1. The molecule has 1 N–H and O–H groups in total. The Morgan fingerprint density at radius 2 is 1.97 bits per heavy atom.